The van der Waals surface area contributed by atoms with Gasteiger partial charge in [-0.15, -0.1) is 0 Å². The smallest absolute Gasteiger partial charge is 0.161 e. The van der Waals surface area contributed by atoms with Crippen LogP contribution in [0.3, 0.4) is 0 Å². The Kier molecular flexibility index (Phi) is 8.19. The second-order valence-corrected chi connectivity index (χ2v) is 7.44. The van der Waals surface area contributed by atoms with Gasteiger partial charge in [-0.05, 0) is 56.0 Å². The Morgan fingerprint density at radius 1 is 0.786 bits per heavy atom. The zero-order valence-corrected chi connectivity index (χ0v) is 17.4. The van der Waals surface area contributed by atoms with Crippen LogP contribution in [-0.2, 0) is 12.8 Å². The molecule has 4 nitrogen and oxygen atoms in total. The quantitative estimate of drug-likeness (QED) is 0.622. The van der Waals surface area contributed by atoms with Gasteiger partial charge in [-0.1, -0.05) is 36.4 Å². The summed E-state index contributed by atoms with van der Waals surface area (Å²) in [4.78, 5) is 5.19. The van der Waals surface area contributed by atoms with Crippen molar-refractivity contribution in [2.45, 2.75) is 26.2 Å². The van der Waals surface area contributed by atoms with Crippen LogP contribution in [0.4, 0.5) is 0 Å². The van der Waals surface area contributed by atoms with E-state index in [1.807, 2.05) is 13.0 Å². The maximum absolute atomic E-state index is 5.61. The Hall–Kier alpha value is -2.04. The van der Waals surface area contributed by atoms with Gasteiger partial charge in [0.2, 0.25) is 0 Å². The number of piperazine rings is 1. The van der Waals surface area contributed by atoms with E-state index in [2.05, 4.69) is 52.3 Å². The van der Waals surface area contributed by atoms with Gasteiger partial charge in [0.1, 0.15) is 0 Å². The molecule has 1 aliphatic heterocycles. The topological polar surface area (TPSA) is 24.9 Å². The van der Waals surface area contributed by atoms with Crippen LogP contribution in [0.5, 0.6) is 11.5 Å². The van der Waals surface area contributed by atoms with Crippen molar-refractivity contribution < 1.29 is 9.47 Å². The summed E-state index contributed by atoms with van der Waals surface area (Å²) in [6.07, 6.45) is 3.48. The van der Waals surface area contributed by atoms with Crippen molar-refractivity contribution in [2.75, 3.05) is 53.0 Å². The van der Waals surface area contributed by atoms with Gasteiger partial charge >= 0.3 is 0 Å². The molecule has 4 heteroatoms. The number of hydrogen-bond donors (Lipinski definition) is 0. The molecule has 0 aliphatic carbocycles. The van der Waals surface area contributed by atoms with E-state index in [1.165, 1.54) is 56.7 Å². The Morgan fingerprint density at radius 2 is 1.50 bits per heavy atom. The molecule has 2 aromatic rings. The molecular formula is C24H34N2O2. The summed E-state index contributed by atoms with van der Waals surface area (Å²) in [5.41, 5.74) is 2.76. The van der Waals surface area contributed by atoms with Gasteiger partial charge in [0, 0.05) is 32.7 Å². The lowest BCUT2D eigenvalue weighted by molar-refractivity contribution is 0.132. The molecule has 152 valence electrons. The van der Waals surface area contributed by atoms with E-state index >= 15 is 0 Å². The van der Waals surface area contributed by atoms with E-state index in [-0.39, 0.29) is 0 Å². The first kappa shape index (κ1) is 20.7. The summed E-state index contributed by atoms with van der Waals surface area (Å²) >= 11 is 0. The molecule has 0 bridgehead atoms. The fourth-order valence-corrected chi connectivity index (χ4v) is 3.82. The van der Waals surface area contributed by atoms with Gasteiger partial charge in [0.25, 0.3) is 0 Å². The van der Waals surface area contributed by atoms with Crippen molar-refractivity contribution in [3.8, 4) is 11.5 Å². The van der Waals surface area contributed by atoms with Crippen LogP contribution < -0.4 is 9.47 Å². The first-order chi connectivity index (χ1) is 13.8. The third-order valence-corrected chi connectivity index (χ3v) is 5.49. The zero-order valence-electron chi connectivity index (χ0n) is 17.4. The normalized spacial score (nSPS) is 15.5. The monoisotopic (exact) mass is 382 g/mol. The average Bonchev–Trinajstić information content (AvgIpc) is 2.75. The standard InChI is InChI=1S/C24H34N2O2/c1-3-28-23-12-11-22(20-24(23)27-2)13-15-26-18-16-25(17-19-26)14-7-10-21-8-5-4-6-9-21/h4-6,8-9,11-12,20H,3,7,10,13-19H2,1-2H3. The van der Waals surface area contributed by atoms with Crippen molar-refractivity contribution in [1.82, 2.24) is 9.80 Å². The van der Waals surface area contributed by atoms with Crippen molar-refractivity contribution in [2.24, 2.45) is 0 Å². The minimum atomic E-state index is 0.658. The fraction of sp³-hybridized carbons (Fsp3) is 0.500. The number of hydrogen-bond acceptors (Lipinski definition) is 4. The van der Waals surface area contributed by atoms with Crippen molar-refractivity contribution in [3.63, 3.8) is 0 Å². The molecule has 0 aromatic heterocycles. The van der Waals surface area contributed by atoms with Crippen LogP contribution in [0.15, 0.2) is 48.5 Å². The van der Waals surface area contributed by atoms with E-state index in [0.717, 1.165) is 24.5 Å². The van der Waals surface area contributed by atoms with Crippen LogP contribution in [0.25, 0.3) is 0 Å². The SMILES string of the molecule is CCOc1ccc(CCN2CCN(CCCc3ccccc3)CC2)cc1OC. The molecule has 0 spiro atoms. The van der Waals surface area contributed by atoms with Gasteiger partial charge in [-0.3, -0.25) is 0 Å². The lowest BCUT2D eigenvalue weighted by Gasteiger charge is -2.34. The van der Waals surface area contributed by atoms with E-state index in [4.69, 9.17) is 9.47 Å². The minimum Gasteiger partial charge on any atom is -0.493 e. The molecule has 0 amide bonds. The highest BCUT2D eigenvalue weighted by atomic mass is 16.5. The Bertz CT molecular complexity index is 697. The van der Waals surface area contributed by atoms with E-state index in [9.17, 15) is 0 Å². The van der Waals surface area contributed by atoms with Crippen LogP contribution >= 0.6 is 0 Å². The molecule has 28 heavy (non-hydrogen) atoms. The lowest BCUT2D eigenvalue weighted by atomic mass is 10.1. The third kappa shape index (κ3) is 6.25. The van der Waals surface area contributed by atoms with Gasteiger partial charge in [-0.2, -0.15) is 0 Å². The highest BCUT2D eigenvalue weighted by Crippen LogP contribution is 2.28. The number of aryl methyl sites for hydroxylation is 1. The van der Waals surface area contributed by atoms with Crippen molar-refractivity contribution in [3.05, 3.63) is 59.7 Å². The summed E-state index contributed by atoms with van der Waals surface area (Å²) < 4.78 is 11.1. The number of benzene rings is 2. The largest absolute Gasteiger partial charge is 0.493 e. The highest BCUT2D eigenvalue weighted by Gasteiger charge is 2.16. The third-order valence-electron chi connectivity index (χ3n) is 5.49. The molecule has 0 saturated carbocycles. The summed E-state index contributed by atoms with van der Waals surface area (Å²) in [6, 6.07) is 17.1. The highest BCUT2D eigenvalue weighted by molar-refractivity contribution is 5.43. The predicted molar refractivity (Wildman–Crippen MR) is 116 cm³/mol. The van der Waals surface area contributed by atoms with Crippen LogP contribution in [0.1, 0.15) is 24.5 Å². The second-order valence-electron chi connectivity index (χ2n) is 7.44. The summed E-state index contributed by atoms with van der Waals surface area (Å²) in [6.45, 7) is 9.66. The summed E-state index contributed by atoms with van der Waals surface area (Å²) in [7, 11) is 1.71. The molecule has 2 aromatic carbocycles. The van der Waals surface area contributed by atoms with E-state index < -0.39 is 0 Å². The van der Waals surface area contributed by atoms with E-state index in [0.29, 0.717) is 6.61 Å². The molecule has 1 fully saturated rings. The van der Waals surface area contributed by atoms with Crippen molar-refractivity contribution in [1.29, 1.82) is 0 Å². The van der Waals surface area contributed by atoms with Crippen LogP contribution in [0, 0.1) is 0 Å². The molecule has 1 aliphatic rings. The zero-order chi connectivity index (χ0) is 19.6. The van der Waals surface area contributed by atoms with Gasteiger partial charge < -0.3 is 19.3 Å². The number of methoxy groups -OCH3 is 1. The Labute approximate surface area is 170 Å². The van der Waals surface area contributed by atoms with Crippen LogP contribution in [-0.4, -0.2) is 62.8 Å². The molecular weight excluding hydrogens is 348 g/mol. The predicted octanol–water partition coefficient (Wildman–Crippen LogP) is 3.89. The maximum Gasteiger partial charge on any atom is 0.161 e. The molecule has 0 N–H and O–H groups in total. The number of rotatable bonds is 10. The summed E-state index contributed by atoms with van der Waals surface area (Å²) in [5, 5.41) is 0. The van der Waals surface area contributed by atoms with Crippen LogP contribution in [0.2, 0.25) is 0 Å². The fourth-order valence-electron chi connectivity index (χ4n) is 3.82. The molecule has 1 saturated heterocycles. The van der Waals surface area contributed by atoms with Gasteiger partial charge in [-0.25, -0.2) is 0 Å². The lowest BCUT2D eigenvalue weighted by Crippen LogP contribution is -2.47. The molecule has 3 rings (SSSR count). The Balaban J connectivity index is 1.36. The average molecular weight is 383 g/mol. The first-order valence-corrected chi connectivity index (χ1v) is 10.6. The molecule has 1 heterocycles. The first-order valence-electron chi connectivity index (χ1n) is 10.6. The van der Waals surface area contributed by atoms with Gasteiger partial charge in [0.05, 0.1) is 13.7 Å². The molecule has 0 unspecified atom stereocenters. The molecule has 0 atom stereocenters. The summed E-state index contributed by atoms with van der Waals surface area (Å²) in [5.74, 6) is 1.67. The van der Waals surface area contributed by atoms with Crippen molar-refractivity contribution >= 4 is 0 Å². The maximum atomic E-state index is 5.61. The number of nitrogens with zero attached hydrogens (tertiary/aromatic N) is 2. The minimum absolute atomic E-state index is 0.658. The molecule has 0 radical (unpaired) electrons. The van der Waals surface area contributed by atoms with E-state index in [1.54, 1.807) is 7.11 Å². The van der Waals surface area contributed by atoms with Gasteiger partial charge in [0.15, 0.2) is 11.5 Å². The number of ether oxygens (including phenoxy) is 2. The second kappa shape index (κ2) is 11.1. The Morgan fingerprint density at radius 3 is 2.18 bits per heavy atom.